The van der Waals surface area contributed by atoms with Crippen LogP contribution in [0.25, 0.3) is 0 Å². The van der Waals surface area contributed by atoms with Crippen LogP contribution in [0.3, 0.4) is 0 Å². The molecule has 1 atom stereocenters. The number of rotatable bonds is 2. The van der Waals surface area contributed by atoms with E-state index in [2.05, 4.69) is 27.9 Å². The number of carboxylic acids is 1. The number of para-hydroxylation sites is 1. The predicted octanol–water partition coefficient (Wildman–Crippen LogP) is 2.26. The average Bonchev–Trinajstić information content (AvgIpc) is 2.74. The molecule has 1 unspecified atom stereocenters. The molecule has 1 N–H and O–H groups in total. The van der Waals surface area contributed by atoms with Gasteiger partial charge in [0.2, 0.25) is 0 Å². The molecule has 0 amide bonds. The monoisotopic (exact) mass is 255 g/mol. The van der Waals surface area contributed by atoms with Gasteiger partial charge in [0.1, 0.15) is 0 Å². The third kappa shape index (κ3) is 1.93. The molecule has 0 spiro atoms. The minimum Gasteiger partial charge on any atom is -0.476 e. The van der Waals surface area contributed by atoms with E-state index in [-0.39, 0.29) is 5.69 Å². The molecule has 1 aromatic heterocycles. The van der Waals surface area contributed by atoms with Crippen molar-refractivity contribution in [1.82, 2.24) is 9.97 Å². The summed E-state index contributed by atoms with van der Waals surface area (Å²) in [7, 11) is 0. The molecular formula is C14H13N3O2. The standard InChI is InChI=1S/C14H13N3O2/c1-9-6-10-4-2-3-5-12(10)17(9)13-8-15-11(7-16-13)14(18)19/h2-5,7-9H,6H2,1H3,(H,18,19). The Labute approximate surface area is 110 Å². The number of nitrogens with zero attached hydrogens (tertiary/aromatic N) is 3. The Bertz CT molecular complexity index is 625. The number of benzene rings is 1. The molecule has 0 saturated carbocycles. The Morgan fingerprint density at radius 1 is 1.32 bits per heavy atom. The lowest BCUT2D eigenvalue weighted by molar-refractivity contribution is 0.0690. The highest BCUT2D eigenvalue weighted by Gasteiger charge is 2.27. The molecule has 2 aromatic rings. The van der Waals surface area contributed by atoms with Crippen LogP contribution in [0.1, 0.15) is 23.0 Å². The van der Waals surface area contributed by atoms with Crippen molar-refractivity contribution in [3.05, 3.63) is 47.9 Å². The minimum atomic E-state index is -1.06. The number of fused-ring (bicyclic) bond motifs is 1. The van der Waals surface area contributed by atoms with Crippen LogP contribution in [0.5, 0.6) is 0 Å². The number of hydrogen-bond donors (Lipinski definition) is 1. The summed E-state index contributed by atoms with van der Waals surface area (Å²) in [6.45, 7) is 2.12. The molecule has 0 saturated heterocycles. The number of carbonyl (C=O) groups is 1. The molecule has 1 aliphatic heterocycles. The van der Waals surface area contributed by atoms with Crippen LogP contribution in [-0.4, -0.2) is 27.1 Å². The molecule has 19 heavy (non-hydrogen) atoms. The first-order valence-corrected chi connectivity index (χ1v) is 6.09. The zero-order chi connectivity index (χ0) is 13.4. The van der Waals surface area contributed by atoms with Gasteiger partial charge < -0.3 is 10.0 Å². The van der Waals surface area contributed by atoms with Crippen LogP contribution in [0.2, 0.25) is 0 Å². The van der Waals surface area contributed by atoms with Crippen molar-refractivity contribution in [2.45, 2.75) is 19.4 Å². The normalized spacial score (nSPS) is 17.3. The second-order valence-electron chi connectivity index (χ2n) is 4.62. The van der Waals surface area contributed by atoms with Gasteiger partial charge in [-0.2, -0.15) is 0 Å². The summed E-state index contributed by atoms with van der Waals surface area (Å²) in [5.41, 5.74) is 2.36. The Balaban J connectivity index is 2.00. The van der Waals surface area contributed by atoms with Crippen LogP contribution in [0.4, 0.5) is 11.5 Å². The van der Waals surface area contributed by atoms with Gasteiger partial charge in [-0.25, -0.2) is 14.8 Å². The van der Waals surface area contributed by atoms with Gasteiger partial charge in [0.05, 0.1) is 12.4 Å². The molecule has 96 valence electrons. The fourth-order valence-corrected chi connectivity index (χ4v) is 2.47. The Hall–Kier alpha value is -2.43. The van der Waals surface area contributed by atoms with Crippen LogP contribution in [-0.2, 0) is 6.42 Å². The van der Waals surface area contributed by atoms with Gasteiger partial charge in [0.15, 0.2) is 11.5 Å². The van der Waals surface area contributed by atoms with E-state index >= 15 is 0 Å². The van der Waals surface area contributed by atoms with Crippen LogP contribution >= 0.6 is 0 Å². The summed E-state index contributed by atoms with van der Waals surface area (Å²) < 4.78 is 0. The number of carboxylic acid groups (broad SMARTS) is 1. The lowest BCUT2D eigenvalue weighted by Gasteiger charge is -2.23. The van der Waals surface area contributed by atoms with E-state index in [1.54, 1.807) is 0 Å². The summed E-state index contributed by atoms with van der Waals surface area (Å²) in [5, 5.41) is 8.83. The van der Waals surface area contributed by atoms with Gasteiger partial charge in [-0.1, -0.05) is 18.2 Å². The lowest BCUT2D eigenvalue weighted by Crippen LogP contribution is -2.25. The first kappa shape index (κ1) is 11.6. The van der Waals surface area contributed by atoms with E-state index < -0.39 is 5.97 Å². The van der Waals surface area contributed by atoms with Gasteiger partial charge >= 0.3 is 5.97 Å². The van der Waals surface area contributed by atoms with Crippen LogP contribution in [0, 0.1) is 0 Å². The smallest absolute Gasteiger partial charge is 0.356 e. The summed E-state index contributed by atoms with van der Waals surface area (Å²) in [6.07, 6.45) is 3.77. The van der Waals surface area contributed by atoms with E-state index in [0.29, 0.717) is 11.9 Å². The number of aromatic carboxylic acids is 1. The van der Waals surface area contributed by atoms with Gasteiger partial charge in [0.25, 0.3) is 0 Å². The highest BCUT2D eigenvalue weighted by molar-refractivity contribution is 5.85. The molecule has 0 bridgehead atoms. The topological polar surface area (TPSA) is 66.3 Å². The Morgan fingerprint density at radius 2 is 2.11 bits per heavy atom. The molecule has 5 nitrogen and oxygen atoms in total. The van der Waals surface area contributed by atoms with Gasteiger partial charge in [-0.3, -0.25) is 0 Å². The van der Waals surface area contributed by atoms with Gasteiger partial charge in [-0.15, -0.1) is 0 Å². The van der Waals surface area contributed by atoms with Crippen molar-refractivity contribution in [2.24, 2.45) is 0 Å². The average molecular weight is 255 g/mol. The second-order valence-corrected chi connectivity index (χ2v) is 4.62. The molecule has 0 fully saturated rings. The number of aromatic nitrogens is 2. The molecule has 2 heterocycles. The first-order chi connectivity index (χ1) is 9.16. The highest BCUT2D eigenvalue weighted by atomic mass is 16.4. The second kappa shape index (κ2) is 4.35. The first-order valence-electron chi connectivity index (χ1n) is 6.09. The number of anilines is 2. The fraction of sp³-hybridized carbons (Fsp3) is 0.214. The van der Waals surface area contributed by atoms with Crippen LogP contribution < -0.4 is 4.90 Å². The van der Waals surface area contributed by atoms with Crippen LogP contribution in [0.15, 0.2) is 36.7 Å². The molecule has 1 aromatic carbocycles. The molecule has 5 heteroatoms. The summed E-state index contributed by atoms with van der Waals surface area (Å²) >= 11 is 0. The van der Waals surface area contributed by atoms with E-state index in [1.165, 1.54) is 18.0 Å². The van der Waals surface area contributed by atoms with E-state index in [9.17, 15) is 4.79 Å². The quantitative estimate of drug-likeness (QED) is 0.891. The van der Waals surface area contributed by atoms with Crippen molar-refractivity contribution in [3.63, 3.8) is 0 Å². The summed E-state index contributed by atoms with van der Waals surface area (Å²) in [5.74, 6) is -0.378. The van der Waals surface area contributed by atoms with E-state index in [1.807, 2.05) is 18.2 Å². The van der Waals surface area contributed by atoms with Crippen molar-refractivity contribution < 1.29 is 9.90 Å². The summed E-state index contributed by atoms with van der Waals surface area (Å²) in [6, 6.07) is 8.45. The van der Waals surface area contributed by atoms with Crippen molar-refractivity contribution >= 4 is 17.5 Å². The third-order valence-electron chi connectivity index (χ3n) is 3.31. The maximum Gasteiger partial charge on any atom is 0.356 e. The Kier molecular flexibility index (Phi) is 2.67. The maximum absolute atomic E-state index is 10.8. The van der Waals surface area contributed by atoms with Crippen molar-refractivity contribution in [2.75, 3.05) is 4.90 Å². The SMILES string of the molecule is CC1Cc2ccccc2N1c1cnc(C(=O)O)cn1. The summed E-state index contributed by atoms with van der Waals surface area (Å²) in [4.78, 5) is 21.0. The van der Waals surface area contributed by atoms with E-state index in [0.717, 1.165) is 12.1 Å². The molecular weight excluding hydrogens is 242 g/mol. The molecule has 0 aliphatic carbocycles. The zero-order valence-electron chi connectivity index (χ0n) is 10.4. The van der Waals surface area contributed by atoms with E-state index in [4.69, 9.17) is 5.11 Å². The van der Waals surface area contributed by atoms with Crippen molar-refractivity contribution in [3.8, 4) is 0 Å². The largest absolute Gasteiger partial charge is 0.476 e. The van der Waals surface area contributed by atoms with Gasteiger partial charge in [0, 0.05) is 11.7 Å². The van der Waals surface area contributed by atoms with Gasteiger partial charge in [-0.05, 0) is 25.0 Å². The molecule has 1 aliphatic rings. The lowest BCUT2D eigenvalue weighted by atomic mass is 10.1. The Morgan fingerprint density at radius 3 is 2.79 bits per heavy atom. The molecule has 3 rings (SSSR count). The highest BCUT2D eigenvalue weighted by Crippen LogP contribution is 2.36. The third-order valence-corrected chi connectivity index (χ3v) is 3.31. The maximum atomic E-state index is 10.8. The zero-order valence-corrected chi connectivity index (χ0v) is 10.4. The minimum absolute atomic E-state index is 0.0381. The molecule has 0 radical (unpaired) electrons. The fourth-order valence-electron chi connectivity index (χ4n) is 2.47. The van der Waals surface area contributed by atoms with Crippen molar-refractivity contribution in [1.29, 1.82) is 0 Å². The number of hydrogen-bond acceptors (Lipinski definition) is 4. The predicted molar refractivity (Wildman–Crippen MR) is 70.7 cm³/mol.